The number of nitrogens with two attached hydrogens (primary N) is 1. The molecule has 1 aliphatic heterocycles. The van der Waals surface area contributed by atoms with Crippen LogP contribution >= 0.6 is 0 Å². The topological polar surface area (TPSA) is 231 Å². The van der Waals surface area contributed by atoms with Gasteiger partial charge in [-0.05, 0) is 48.0 Å². The van der Waals surface area contributed by atoms with Gasteiger partial charge in [0.05, 0.1) is 16.8 Å². The van der Waals surface area contributed by atoms with Gasteiger partial charge >= 0.3 is 34.7 Å². The third-order valence-electron chi connectivity index (χ3n) is 5.07. The maximum atomic E-state index is 12.1. The predicted molar refractivity (Wildman–Crippen MR) is 125 cm³/mol. The molecule has 2 atom stereocenters. The van der Waals surface area contributed by atoms with Crippen molar-refractivity contribution >= 4 is 51.3 Å². The van der Waals surface area contributed by atoms with Gasteiger partial charge in [-0.3, -0.25) is 14.5 Å². The highest BCUT2D eigenvalue weighted by Crippen LogP contribution is 2.47. The fourth-order valence-electron chi connectivity index (χ4n) is 3.66. The van der Waals surface area contributed by atoms with Crippen molar-refractivity contribution < 1.29 is 50.1 Å². The van der Waals surface area contributed by atoms with E-state index in [1.807, 2.05) is 0 Å². The Morgan fingerprint density at radius 2 is 1.56 bits per heavy atom. The Balaban J connectivity index is 2.28. The first-order valence-electron chi connectivity index (χ1n) is 9.55. The number of carboxylic acid groups (broad SMARTS) is 2. The van der Waals surface area contributed by atoms with Gasteiger partial charge in [-0.2, -0.15) is 8.42 Å². The lowest BCUT2D eigenvalue weighted by Crippen LogP contribution is -2.12. The molecule has 1 aliphatic carbocycles. The van der Waals surface area contributed by atoms with Crippen LogP contribution in [0.3, 0.4) is 0 Å². The summed E-state index contributed by atoms with van der Waals surface area (Å²) in [6.07, 6.45) is 0. The second-order valence-corrected chi connectivity index (χ2v) is 8.33. The van der Waals surface area contributed by atoms with Crippen LogP contribution in [0, 0.1) is 5.41 Å². The first-order valence-corrected chi connectivity index (χ1v) is 11.6. The number of aromatic carboxylic acids is 2. The summed E-state index contributed by atoms with van der Waals surface area (Å²) in [5.74, 6) is -4.06. The van der Waals surface area contributed by atoms with E-state index in [9.17, 15) is 37.3 Å². The van der Waals surface area contributed by atoms with Crippen LogP contribution in [0.1, 0.15) is 20.7 Å². The lowest BCUT2D eigenvalue weighted by atomic mass is 9.89. The van der Waals surface area contributed by atoms with Gasteiger partial charge < -0.3 is 28.7 Å². The number of nitrogen functional groups attached to an aromatic ring is 1. The van der Waals surface area contributed by atoms with E-state index in [1.165, 1.54) is 24.3 Å². The van der Waals surface area contributed by atoms with Crippen molar-refractivity contribution in [1.29, 1.82) is 5.41 Å². The monoisotopic (exact) mass is 534 g/mol. The zero-order valence-corrected chi connectivity index (χ0v) is 19.2. The van der Waals surface area contributed by atoms with Crippen molar-refractivity contribution in [1.82, 2.24) is 0 Å². The average molecular weight is 534 g/mol. The lowest BCUT2D eigenvalue weighted by molar-refractivity contribution is 0.0682. The van der Waals surface area contributed by atoms with Crippen LogP contribution in [0.25, 0.3) is 33.4 Å². The van der Waals surface area contributed by atoms with Crippen molar-refractivity contribution in [2.45, 2.75) is 0 Å². The number of carbonyl (C=O) groups is 2. The first kappa shape index (κ1) is 24.8. The van der Waals surface area contributed by atoms with Gasteiger partial charge in [0.1, 0.15) is 5.36 Å². The van der Waals surface area contributed by atoms with E-state index < -0.39 is 51.5 Å². The molecule has 2 aromatic rings. The van der Waals surface area contributed by atoms with Crippen LogP contribution < -0.4 is 19.5 Å². The Labute approximate surface area is 205 Å². The molecule has 186 valence electrons. The van der Waals surface area contributed by atoms with E-state index in [1.54, 1.807) is 0 Å². The molecule has 0 saturated heterocycles. The molecular weight excluding hydrogens is 520 g/mol. The minimum absolute atomic E-state index is 0.0360. The molecule has 0 bridgehead atoms. The molecule has 0 radical (unpaired) electrons. The van der Waals surface area contributed by atoms with Crippen LogP contribution in [0.5, 0.6) is 11.5 Å². The van der Waals surface area contributed by atoms with Gasteiger partial charge in [0.25, 0.3) is 0 Å². The van der Waals surface area contributed by atoms with Crippen molar-refractivity contribution in [3.8, 4) is 33.9 Å². The molecule has 2 unspecified atom stereocenters. The van der Waals surface area contributed by atoms with Crippen LogP contribution in [0.15, 0.2) is 46.9 Å². The largest absolute Gasteiger partial charge is 0.478 e. The molecule has 4 rings (SSSR count). The number of rotatable bonds is 7. The summed E-state index contributed by atoms with van der Waals surface area (Å²) in [5.41, 5.74) is 4.84. The fraction of sp³-hybridized carbons (Fsp3) is 0. The van der Waals surface area contributed by atoms with Gasteiger partial charge in [0.15, 0.2) is 11.3 Å². The highest BCUT2D eigenvalue weighted by molar-refractivity contribution is 7.74. The highest BCUT2D eigenvalue weighted by Gasteiger charge is 2.28. The van der Waals surface area contributed by atoms with E-state index >= 15 is 0 Å². The number of anilines is 1. The zero-order chi connectivity index (χ0) is 26.3. The Kier molecular flexibility index (Phi) is 6.47. The Hall–Kier alpha value is -4.31. The van der Waals surface area contributed by atoms with E-state index in [0.717, 1.165) is 18.2 Å². The molecule has 0 spiro atoms. The van der Waals surface area contributed by atoms with Crippen molar-refractivity contribution in [2.24, 2.45) is 0 Å². The molecule has 7 N–H and O–H groups in total. The molecule has 0 aromatic heterocycles. The quantitative estimate of drug-likeness (QED) is 0.114. The van der Waals surface area contributed by atoms with E-state index in [4.69, 9.17) is 23.9 Å². The minimum atomic E-state index is -2.90. The molecule has 2 aliphatic rings. The second-order valence-electron chi connectivity index (χ2n) is 7.13. The van der Waals surface area contributed by atoms with E-state index in [2.05, 4.69) is 0 Å². The molecular formula is C21H14N2O11S2. The van der Waals surface area contributed by atoms with Crippen molar-refractivity contribution in [3.05, 3.63) is 58.9 Å². The molecule has 1 heterocycles. The summed E-state index contributed by atoms with van der Waals surface area (Å²) >= 11 is -5.78. The van der Waals surface area contributed by atoms with Gasteiger partial charge in [-0.25, -0.2) is 9.59 Å². The summed E-state index contributed by atoms with van der Waals surface area (Å²) in [6.45, 7) is 0. The summed E-state index contributed by atoms with van der Waals surface area (Å²) < 4.78 is 57.0. The predicted octanol–water partition coefficient (Wildman–Crippen LogP) is 2.69. The number of hydrogen-bond donors (Lipinski definition) is 6. The zero-order valence-electron chi connectivity index (χ0n) is 17.6. The maximum absolute atomic E-state index is 12.1. The number of fused-ring (bicyclic) bond motifs is 2. The summed E-state index contributed by atoms with van der Waals surface area (Å²) in [4.78, 5) is 23.7. The summed E-state index contributed by atoms with van der Waals surface area (Å²) in [7, 11) is 0. The van der Waals surface area contributed by atoms with Gasteiger partial charge in [-0.1, -0.05) is 0 Å². The molecule has 0 amide bonds. The molecule has 15 heteroatoms. The second kappa shape index (κ2) is 9.38. The molecule has 0 fully saturated rings. The van der Waals surface area contributed by atoms with Crippen LogP contribution in [0.4, 0.5) is 5.69 Å². The number of nitrogens with one attached hydrogen (secondary N) is 1. The number of carboxylic acids is 2. The molecule has 0 saturated carbocycles. The summed E-state index contributed by atoms with van der Waals surface area (Å²) in [5, 5.41) is 27.1. The van der Waals surface area contributed by atoms with Crippen LogP contribution in [0.2, 0.25) is 0 Å². The fourth-order valence-corrected chi connectivity index (χ4v) is 4.28. The van der Waals surface area contributed by atoms with Gasteiger partial charge in [-0.15, -0.1) is 0 Å². The third-order valence-corrected chi connectivity index (χ3v) is 5.69. The number of benzene rings is 3. The molecule has 2 aromatic carbocycles. The smallest absolute Gasteiger partial charge is 0.357 e. The van der Waals surface area contributed by atoms with Crippen LogP contribution in [-0.2, 0) is 22.7 Å². The first-order chi connectivity index (χ1) is 17.0. The van der Waals surface area contributed by atoms with E-state index in [0.29, 0.717) is 0 Å². The molecule has 13 nitrogen and oxygen atoms in total. The average Bonchev–Trinajstić information content (AvgIpc) is 2.80. The van der Waals surface area contributed by atoms with Crippen LogP contribution in [-0.4, -0.2) is 39.7 Å². The minimum Gasteiger partial charge on any atom is -0.478 e. The normalized spacial score (nSPS) is 12.8. The number of hydrogen-bond acceptors (Lipinski definition) is 9. The maximum Gasteiger partial charge on any atom is 0.357 e. The molecule has 36 heavy (non-hydrogen) atoms. The Morgan fingerprint density at radius 3 is 2.17 bits per heavy atom. The third kappa shape index (κ3) is 4.38. The van der Waals surface area contributed by atoms with Crippen molar-refractivity contribution in [3.63, 3.8) is 0 Å². The highest BCUT2D eigenvalue weighted by atomic mass is 32.2. The van der Waals surface area contributed by atoms with Gasteiger partial charge in [0.2, 0.25) is 11.5 Å². The van der Waals surface area contributed by atoms with Gasteiger partial charge in [0, 0.05) is 16.5 Å². The Morgan fingerprint density at radius 1 is 0.889 bits per heavy atom. The lowest BCUT2D eigenvalue weighted by Gasteiger charge is -2.20. The Bertz CT molecular complexity index is 1650. The van der Waals surface area contributed by atoms with Crippen molar-refractivity contribution in [2.75, 3.05) is 5.73 Å². The van der Waals surface area contributed by atoms with E-state index in [-0.39, 0.29) is 50.2 Å². The SMILES string of the molecule is N=c1ccc2c(-c3cc(C(=O)O)ccc3C(=O)O)c3ccc(N)c(OS(=O)O)c3oc-2c1OS(=O)O. The standard InChI is InChI=1S/C21H14N2O11S2/c22-13-5-3-10-15(12-7-8(20(24)25)1-2-9(12)21(26)27)11-4-6-14(23)19(34-36(30)31)17(11)32-16(10)18(13)33-35(28)29/h1-7,22H,23H2,(H,24,25)(H,26,27)(H,28,29)(H,30,31). The summed E-state index contributed by atoms with van der Waals surface area (Å²) in [6, 6.07) is 8.47.